The lowest BCUT2D eigenvalue weighted by Gasteiger charge is -2.15. The van der Waals surface area contributed by atoms with Gasteiger partial charge in [0.25, 0.3) is 0 Å². The van der Waals surface area contributed by atoms with E-state index < -0.39 is 17.7 Å². The first-order chi connectivity index (χ1) is 8.13. The molecule has 0 aliphatic rings. The van der Waals surface area contributed by atoms with Crippen LogP contribution in [0.15, 0.2) is 18.2 Å². The lowest BCUT2D eigenvalue weighted by atomic mass is 9.98. The molecular formula is C12H17ClFNO3. The molecule has 102 valence electrons. The fourth-order valence-corrected chi connectivity index (χ4v) is 1.51. The average molecular weight is 278 g/mol. The van der Waals surface area contributed by atoms with Crippen molar-refractivity contribution in [1.29, 1.82) is 0 Å². The molecule has 0 heterocycles. The van der Waals surface area contributed by atoms with Gasteiger partial charge in [-0.3, -0.25) is 4.79 Å². The first-order valence-electron chi connectivity index (χ1n) is 5.34. The summed E-state index contributed by atoms with van der Waals surface area (Å²) in [5, 5.41) is 0. The van der Waals surface area contributed by atoms with Gasteiger partial charge in [-0.05, 0) is 13.0 Å². The van der Waals surface area contributed by atoms with E-state index in [9.17, 15) is 9.18 Å². The highest BCUT2D eigenvalue weighted by atomic mass is 35.5. The summed E-state index contributed by atoms with van der Waals surface area (Å²) in [5.74, 6) is -1.42. The number of rotatable bonds is 5. The molecule has 0 saturated carbocycles. The van der Waals surface area contributed by atoms with Gasteiger partial charge in [0, 0.05) is 18.2 Å². The van der Waals surface area contributed by atoms with Crippen LogP contribution < -0.4 is 10.5 Å². The Bertz CT molecular complexity index is 401. The predicted octanol–water partition coefficient (Wildman–Crippen LogP) is 1.86. The number of benzene rings is 1. The second-order valence-electron chi connectivity index (χ2n) is 3.43. The number of hydrogen-bond donors (Lipinski definition) is 1. The fraction of sp³-hybridized carbons (Fsp3) is 0.417. The minimum Gasteiger partial charge on any atom is -0.497 e. The van der Waals surface area contributed by atoms with Gasteiger partial charge in [-0.2, -0.15) is 0 Å². The van der Waals surface area contributed by atoms with Crippen molar-refractivity contribution >= 4 is 18.4 Å². The zero-order chi connectivity index (χ0) is 12.8. The van der Waals surface area contributed by atoms with Crippen LogP contribution in [0.5, 0.6) is 5.75 Å². The molecule has 1 atom stereocenters. The van der Waals surface area contributed by atoms with E-state index in [4.69, 9.17) is 15.2 Å². The monoisotopic (exact) mass is 277 g/mol. The van der Waals surface area contributed by atoms with Crippen molar-refractivity contribution in [2.24, 2.45) is 5.73 Å². The SMILES string of the molecule is CCOC(=O)C(CN)c1ccc(OC)cc1F.Cl. The molecule has 0 bridgehead atoms. The van der Waals surface area contributed by atoms with Crippen molar-refractivity contribution in [3.8, 4) is 5.75 Å². The van der Waals surface area contributed by atoms with Crippen LogP contribution in [-0.2, 0) is 9.53 Å². The molecule has 18 heavy (non-hydrogen) atoms. The van der Waals surface area contributed by atoms with E-state index in [0.717, 1.165) is 0 Å². The number of hydrogen-bond acceptors (Lipinski definition) is 4. The van der Waals surface area contributed by atoms with Crippen molar-refractivity contribution in [3.63, 3.8) is 0 Å². The van der Waals surface area contributed by atoms with Crippen LogP contribution in [0, 0.1) is 5.82 Å². The van der Waals surface area contributed by atoms with Gasteiger partial charge in [0.1, 0.15) is 11.6 Å². The summed E-state index contributed by atoms with van der Waals surface area (Å²) in [4.78, 5) is 11.6. The number of carbonyl (C=O) groups excluding carboxylic acids is 1. The minimum absolute atomic E-state index is 0. The number of halogens is 2. The molecule has 0 spiro atoms. The second kappa shape index (κ2) is 7.89. The Morgan fingerprint density at radius 1 is 1.50 bits per heavy atom. The Morgan fingerprint density at radius 3 is 2.61 bits per heavy atom. The van der Waals surface area contributed by atoms with Gasteiger partial charge < -0.3 is 15.2 Å². The van der Waals surface area contributed by atoms with Gasteiger partial charge in [-0.25, -0.2) is 4.39 Å². The minimum atomic E-state index is -0.777. The lowest BCUT2D eigenvalue weighted by molar-refractivity contribution is -0.144. The van der Waals surface area contributed by atoms with Crippen LogP contribution in [-0.4, -0.2) is 26.2 Å². The summed E-state index contributed by atoms with van der Waals surface area (Å²) in [6.45, 7) is 1.94. The molecule has 2 N–H and O–H groups in total. The molecule has 1 aromatic rings. The summed E-state index contributed by atoms with van der Waals surface area (Å²) in [6.07, 6.45) is 0. The van der Waals surface area contributed by atoms with Crippen molar-refractivity contribution in [3.05, 3.63) is 29.6 Å². The van der Waals surface area contributed by atoms with Gasteiger partial charge in [0.05, 0.1) is 19.6 Å². The third kappa shape index (κ3) is 3.85. The number of ether oxygens (including phenoxy) is 2. The number of nitrogens with two attached hydrogens (primary N) is 1. The zero-order valence-corrected chi connectivity index (χ0v) is 11.1. The van der Waals surface area contributed by atoms with Crippen molar-refractivity contribution in [2.75, 3.05) is 20.3 Å². The van der Waals surface area contributed by atoms with E-state index in [0.29, 0.717) is 5.75 Å². The highest BCUT2D eigenvalue weighted by molar-refractivity contribution is 5.85. The normalized spacial score (nSPS) is 11.3. The van der Waals surface area contributed by atoms with Crippen LogP contribution >= 0.6 is 12.4 Å². The molecule has 1 aromatic carbocycles. The number of esters is 1. The Kier molecular flexibility index (Phi) is 7.31. The first kappa shape index (κ1) is 16.7. The smallest absolute Gasteiger partial charge is 0.314 e. The Hall–Kier alpha value is -1.33. The fourth-order valence-electron chi connectivity index (χ4n) is 1.51. The van der Waals surface area contributed by atoms with E-state index in [1.807, 2.05) is 0 Å². The molecule has 1 rings (SSSR count). The second-order valence-corrected chi connectivity index (χ2v) is 3.43. The maximum atomic E-state index is 13.7. The summed E-state index contributed by atoms with van der Waals surface area (Å²) in [6, 6.07) is 4.29. The van der Waals surface area contributed by atoms with Crippen molar-refractivity contribution in [2.45, 2.75) is 12.8 Å². The molecule has 0 aliphatic carbocycles. The van der Waals surface area contributed by atoms with Crippen molar-refractivity contribution < 1.29 is 18.7 Å². The van der Waals surface area contributed by atoms with E-state index in [2.05, 4.69) is 0 Å². The van der Waals surface area contributed by atoms with Crippen LogP contribution in [0.25, 0.3) is 0 Å². The van der Waals surface area contributed by atoms with E-state index in [1.165, 1.54) is 19.2 Å². The molecule has 0 radical (unpaired) electrons. The standard InChI is InChI=1S/C12H16FNO3.ClH/c1-3-17-12(15)10(7-14)9-5-4-8(16-2)6-11(9)13;/h4-6,10H,3,7,14H2,1-2H3;1H. The maximum Gasteiger partial charge on any atom is 0.314 e. The summed E-state index contributed by atoms with van der Waals surface area (Å²) >= 11 is 0. The maximum absolute atomic E-state index is 13.7. The van der Waals surface area contributed by atoms with Crippen LogP contribution in [0.2, 0.25) is 0 Å². The quantitative estimate of drug-likeness (QED) is 0.835. The summed E-state index contributed by atoms with van der Waals surface area (Å²) in [7, 11) is 1.44. The molecule has 0 aromatic heterocycles. The van der Waals surface area contributed by atoms with Gasteiger partial charge in [0.15, 0.2) is 0 Å². The van der Waals surface area contributed by atoms with Crippen LogP contribution in [0.4, 0.5) is 4.39 Å². The molecule has 0 fully saturated rings. The van der Waals surface area contributed by atoms with E-state index in [-0.39, 0.29) is 31.1 Å². The van der Waals surface area contributed by atoms with Crippen LogP contribution in [0.1, 0.15) is 18.4 Å². The Balaban J connectivity index is 0.00000289. The lowest BCUT2D eigenvalue weighted by Crippen LogP contribution is -2.24. The number of carbonyl (C=O) groups is 1. The molecule has 1 unspecified atom stereocenters. The molecule has 6 heteroatoms. The van der Waals surface area contributed by atoms with Gasteiger partial charge in [-0.15, -0.1) is 12.4 Å². The Morgan fingerprint density at radius 2 is 2.17 bits per heavy atom. The van der Waals surface area contributed by atoms with Gasteiger partial charge in [-0.1, -0.05) is 6.07 Å². The van der Waals surface area contributed by atoms with Gasteiger partial charge in [0.2, 0.25) is 0 Å². The highest BCUT2D eigenvalue weighted by Gasteiger charge is 2.23. The van der Waals surface area contributed by atoms with Crippen molar-refractivity contribution in [1.82, 2.24) is 0 Å². The number of methoxy groups -OCH3 is 1. The third-order valence-electron chi connectivity index (χ3n) is 2.39. The molecule has 0 saturated heterocycles. The third-order valence-corrected chi connectivity index (χ3v) is 2.39. The topological polar surface area (TPSA) is 61.5 Å². The molecular weight excluding hydrogens is 261 g/mol. The highest BCUT2D eigenvalue weighted by Crippen LogP contribution is 2.23. The molecule has 0 amide bonds. The van der Waals surface area contributed by atoms with Crippen LogP contribution in [0.3, 0.4) is 0 Å². The summed E-state index contributed by atoms with van der Waals surface area (Å²) < 4.78 is 23.5. The van der Waals surface area contributed by atoms with E-state index >= 15 is 0 Å². The summed E-state index contributed by atoms with van der Waals surface area (Å²) in [5.41, 5.74) is 5.71. The molecule has 4 nitrogen and oxygen atoms in total. The predicted molar refractivity (Wildman–Crippen MR) is 68.6 cm³/mol. The van der Waals surface area contributed by atoms with Gasteiger partial charge >= 0.3 is 5.97 Å². The molecule has 0 aliphatic heterocycles. The first-order valence-corrected chi connectivity index (χ1v) is 5.34. The largest absolute Gasteiger partial charge is 0.497 e. The average Bonchev–Trinajstić information content (AvgIpc) is 2.32. The Labute approximate surface area is 112 Å². The van der Waals surface area contributed by atoms with E-state index in [1.54, 1.807) is 13.0 Å². The zero-order valence-electron chi connectivity index (χ0n) is 10.3.